The number of hydrogen-bond acceptors (Lipinski definition) is 3. The Bertz CT molecular complexity index is 321. The quantitative estimate of drug-likeness (QED) is 0.288. The lowest BCUT2D eigenvalue weighted by Gasteiger charge is -2.08. The van der Waals surface area contributed by atoms with Crippen LogP contribution in [0.4, 0.5) is 0 Å². The summed E-state index contributed by atoms with van der Waals surface area (Å²) < 4.78 is 5.06. The molecule has 0 fully saturated rings. The number of nitrogens with two attached hydrogens (primary N) is 1. The molecule has 0 unspecified atom stereocenters. The minimum absolute atomic E-state index is 0.561. The highest BCUT2D eigenvalue weighted by atomic mass is 16.5. The minimum atomic E-state index is 0.561. The molecule has 0 aliphatic rings. The van der Waals surface area contributed by atoms with Crippen LogP contribution in [0, 0.1) is 0 Å². The normalized spacial score (nSPS) is 11.0. The van der Waals surface area contributed by atoms with Crippen molar-refractivity contribution in [1.82, 2.24) is 10.7 Å². The highest BCUT2D eigenvalue weighted by Crippen LogP contribution is 2.10. The zero-order valence-corrected chi connectivity index (χ0v) is 8.95. The number of aliphatic imine (C=N–C) groups is 1. The summed E-state index contributed by atoms with van der Waals surface area (Å²) >= 11 is 0. The summed E-state index contributed by atoms with van der Waals surface area (Å²) in [4.78, 5) is 3.90. The number of nitrogens with one attached hydrogen (secondary N) is 2. The summed E-state index contributed by atoms with van der Waals surface area (Å²) in [6, 6.07) is 7.79. The molecule has 0 aliphatic heterocycles. The third-order valence-electron chi connectivity index (χ3n) is 1.98. The Morgan fingerprint density at radius 3 is 2.53 bits per heavy atom. The van der Waals surface area contributed by atoms with Gasteiger partial charge in [-0.15, -0.1) is 0 Å². The number of nitrogens with zero attached hydrogens (tertiary/aromatic N) is 1. The molecule has 0 heterocycles. The summed E-state index contributed by atoms with van der Waals surface area (Å²) in [7, 11) is 3.31. The molecular formula is C10H16N4O. The molecule has 1 aromatic rings. The Morgan fingerprint density at radius 2 is 2.07 bits per heavy atom. The van der Waals surface area contributed by atoms with Crippen molar-refractivity contribution in [2.45, 2.75) is 6.54 Å². The first kappa shape index (κ1) is 11.3. The largest absolute Gasteiger partial charge is 0.497 e. The van der Waals surface area contributed by atoms with Gasteiger partial charge in [-0.25, -0.2) is 5.84 Å². The zero-order valence-electron chi connectivity index (χ0n) is 8.95. The van der Waals surface area contributed by atoms with Gasteiger partial charge in [0.05, 0.1) is 7.11 Å². The molecule has 0 aromatic heterocycles. The first-order valence-corrected chi connectivity index (χ1v) is 4.60. The van der Waals surface area contributed by atoms with Gasteiger partial charge in [-0.05, 0) is 17.7 Å². The summed E-state index contributed by atoms with van der Waals surface area (Å²) in [6.07, 6.45) is 0. The lowest BCUT2D eigenvalue weighted by molar-refractivity contribution is 0.414. The van der Waals surface area contributed by atoms with Crippen molar-refractivity contribution < 1.29 is 4.74 Å². The Kier molecular flexibility index (Phi) is 4.43. The molecule has 5 nitrogen and oxygen atoms in total. The first-order chi connectivity index (χ1) is 7.30. The van der Waals surface area contributed by atoms with Crippen molar-refractivity contribution in [3.63, 3.8) is 0 Å². The van der Waals surface area contributed by atoms with Crippen LogP contribution < -0.4 is 21.3 Å². The lowest BCUT2D eigenvalue weighted by Crippen LogP contribution is -2.40. The Balaban J connectivity index is 2.51. The van der Waals surface area contributed by atoms with Gasteiger partial charge in [-0.3, -0.25) is 10.4 Å². The highest BCUT2D eigenvalue weighted by Gasteiger charge is 1.96. The van der Waals surface area contributed by atoms with Gasteiger partial charge in [-0.2, -0.15) is 0 Å². The van der Waals surface area contributed by atoms with Gasteiger partial charge in [0.25, 0.3) is 0 Å². The van der Waals surface area contributed by atoms with Crippen LogP contribution >= 0.6 is 0 Å². The van der Waals surface area contributed by atoms with E-state index < -0.39 is 0 Å². The van der Waals surface area contributed by atoms with Crippen LogP contribution in [-0.2, 0) is 6.54 Å². The second kappa shape index (κ2) is 5.87. The first-order valence-electron chi connectivity index (χ1n) is 4.60. The molecule has 0 amide bonds. The van der Waals surface area contributed by atoms with E-state index in [4.69, 9.17) is 10.6 Å². The van der Waals surface area contributed by atoms with Crippen molar-refractivity contribution in [3.8, 4) is 5.75 Å². The van der Waals surface area contributed by atoms with Crippen LogP contribution in [-0.4, -0.2) is 20.1 Å². The molecule has 0 aliphatic carbocycles. The number of hydrogen-bond donors (Lipinski definition) is 3. The molecule has 4 N–H and O–H groups in total. The minimum Gasteiger partial charge on any atom is -0.497 e. The zero-order chi connectivity index (χ0) is 11.1. The molecular weight excluding hydrogens is 192 g/mol. The number of hydrazine groups is 1. The molecule has 1 aromatic carbocycles. The predicted octanol–water partition coefficient (Wildman–Crippen LogP) is 0.234. The molecule has 0 atom stereocenters. The third kappa shape index (κ3) is 3.47. The molecule has 5 heteroatoms. The number of methoxy groups -OCH3 is 1. The van der Waals surface area contributed by atoms with E-state index in [1.165, 1.54) is 0 Å². The van der Waals surface area contributed by atoms with Crippen LogP contribution in [0.5, 0.6) is 5.75 Å². The van der Waals surface area contributed by atoms with Crippen LogP contribution in [0.2, 0.25) is 0 Å². The van der Waals surface area contributed by atoms with E-state index >= 15 is 0 Å². The maximum absolute atomic E-state index is 5.23. The average Bonchev–Trinajstić information content (AvgIpc) is 2.31. The maximum atomic E-state index is 5.23. The van der Waals surface area contributed by atoms with E-state index in [-0.39, 0.29) is 0 Å². The number of ether oxygens (including phenoxy) is 1. The standard InChI is InChI=1S/C10H16N4O/c1-12-10(14-11)13-7-8-3-5-9(15-2)6-4-8/h3-6H,7,11H2,1-2H3,(H2,12,13,14). The number of guanidine groups is 1. The molecule has 82 valence electrons. The molecule has 15 heavy (non-hydrogen) atoms. The van der Waals surface area contributed by atoms with E-state index in [1.807, 2.05) is 24.3 Å². The second-order valence-corrected chi connectivity index (χ2v) is 2.92. The molecule has 0 saturated heterocycles. The Hall–Kier alpha value is -1.75. The number of rotatable bonds is 3. The smallest absolute Gasteiger partial charge is 0.205 e. The average molecular weight is 208 g/mol. The summed E-state index contributed by atoms with van der Waals surface area (Å²) in [5.41, 5.74) is 3.59. The predicted molar refractivity (Wildman–Crippen MR) is 60.5 cm³/mol. The van der Waals surface area contributed by atoms with Crippen LogP contribution in [0.15, 0.2) is 29.3 Å². The summed E-state index contributed by atoms with van der Waals surface area (Å²) in [6.45, 7) is 0.668. The van der Waals surface area contributed by atoms with Gasteiger partial charge in [-0.1, -0.05) is 12.1 Å². The second-order valence-electron chi connectivity index (χ2n) is 2.92. The fourth-order valence-corrected chi connectivity index (χ4v) is 1.12. The molecule has 1 rings (SSSR count). The van der Waals surface area contributed by atoms with Gasteiger partial charge in [0.15, 0.2) is 0 Å². The van der Waals surface area contributed by atoms with Crippen LogP contribution in [0.25, 0.3) is 0 Å². The lowest BCUT2D eigenvalue weighted by atomic mass is 10.2. The van der Waals surface area contributed by atoms with E-state index in [0.717, 1.165) is 11.3 Å². The van der Waals surface area contributed by atoms with Gasteiger partial charge < -0.3 is 10.1 Å². The van der Waals surface area contributed by atoms with E-state index in [2.05, 4.69) is 15.7 Å². The fraction of sp³-hybridized carbons (Fsp3) is 0.300. The highest BCUT2D eigenvalue weighted by molar-refractivity contribution is 5.78. The topological polar surface area (TPSA) is 71.7 Å². The van der Waals surface area contributed by atoms with E-state index in [9.17, 15) is 0 Å². The molecule has 0 spiro atoms. The van der Waals surface area contributed by atoms with Crippen molar-refractivity contribution >= 4 is 5.96 Å². The van der Waals surface area contributed by atoms with Gasteiger partial charge in [0.2, 0.25) is 5.96 Å². The molecule has 0 radical (unpaired) electrons. The van der Waals surface area contributed by atoms with Crippen molar-refractivity contribution in [3.05, 3.63) is 29.8 Å². The summed E-state index contributed by atoms with van der Waals surface area (Å²) in [5, 5.41) is 3.05. The number of benzene rings is 1. The van der Waals surface area contributed by atoms with Crippen molar-refractivity contribution in [2.75, 3.05) is 14.2 Å². The van der Waals surface area contributed by atoms with Gasteiger partial charge in [0.1, 0.15) is 5.75 Å². The monoisotopic (exact) mass is 208 g/mol. The van der Waals surface area contributed by atoms with E-state index in [1.54, 1.807) is 14.2 Å². The Labute approximate surface area is 89.3 Å². The van der Waals surface area contributed by atoms with Crippen molar-refractivity contribution in [1.29, 1.82) is 0 Å². The maximum Gasteiger partial charge on any atom is 0.205 e. The molecule has 0 bridgehead atoms. The SMILES string of the molecule is CN=C(NN)NCc1ccc(OC)cc1. The van der Waals surface area contributed by atoms with Crippen LogP contribution in [0.3, 0.4) is 0 Å². The third-order valence-corrected chi connectivity index (χ3v) is 1.98. The van der Waals surface area contributed by atoms with E-state index in [0.29, 0.717) is 12.5 Å². The molecule has 0 saturated carbocycles. The fourth-order valence-electron chi connectivity index (χ4n) is 1.12. The van der Waals surface area contributed by atoms with Gasteiger partial charge >= 0.3 is 0 Å². The summed E-state index contributed by atoms with van der Waals surface area (Å²) in [5.74, 6) is 6.64. The van der Waals surface area contributed by atoms with Crippen LogP contribution in [0.1, 0.15) is 5.56 Å². The van der Waals surface area contributed by atoms with Crippen molar-refractivity contribution in [2.24, 2.45) is 10.8 Å². The Morgan fingerprint density at radius 1 is 1.40 bits per heavy atom. The van der Waals surface area contributed by atoms with Gasteiger partial charge in [0, 0.05) is 13.6 Å².